The van der Waals surface area contributed by atoms with Crippen molar-refractivity contribution in [1.82, 2.24) is 15.1 Å². The van der Waals surface area contributed by atoms with Crippen molar-refractivity contribution in [3.8, 4) is 11.1 Å². The van der Waals surface area contributed by atoms with Gasteiger partial charge >= 0.3 is 0 Å². The smallest absolute Gasteiger partial charge is 0.141 e. The minimum absolute atomic E-state index is 0.839. The highest BCUT2D eigenvalue weighted by atomic mass is 16.5. The first-order valence-electron chi connectivity index (χ1n) is 5.12. The van der Waals surface area contributed by atoms with E-state index in [-0.39, 0.29) is 0 Å². The summed E-state index contributed by atoms with van der Waals surface area (Å²) in [4.78, 5) is 7.36. The number of aromatic amines is 1. The number of nitrogens with zero attached hydrogens (tertiary/aromatic N) is 2. The summed E-state index contributed by atoms with van der Waals surface area (Å²) in [5.74, 6) is 0.839. The summed E-state index contributed by atoms with van der Waals surface area (Å²) in [5.41, 5.74) is 3.97. The first-order valence-corrected chi connectivity index (χ1v) is 5.12. The van der Waals surface area contributed by atoms with Gasteiger partial charge < -0.3 is 9.51 Å². The summed E-state index contributed by atoms with van der Waals surface area (Å²) < 4.78 is 5.19. The molecule has 3 aromatic heterocycles. The van der Waals surface area contributed by atoms with Crippen LogP contribution in [0, 0.1) is 13.8 Å². The van der Waals surface area contributed by atoms with Gasteiger partial charge in [0.2, 0.25) is 0 Å². The molecule has 0 aliphatic carbocycles. The lowest BCUT2D eigenvalue weighted by Crippen LogP contribution is -1.84. The number of rotatable bonds is 1. The molecule has 80 valence electrons. The van der Waals surface area contributed by atoms with Gasteiger partial charge in [0.1, 0.15) is 11.4 Å². The Balaban J connectivity index is 2.38. The summed E-state index contributed by atoms with van der Waals surface area (Å²) in [6, 6.07) is 4.01. The molecule has 0 unspecified atom stereocenters. The average molecular weight is 213 g/mol. The number of pyridine rings is 1. The van der Waals surface area contributed by atoms with Gasteiger partial charge in [-0.05, 0) is 31.5 Å². The summed E-state index contributed by atoms with van der Waals surface area (Å²) in [7, 11) is 0. The van der Waals surface area contributed by atoms with Crippen LogP contribution in [0.5, 0.6) is 0 Å². The molecule has 3 rings (SSSR count). The Morgan fingerprint density at radius 2 is 2.12 bits per heavy atom. The van der Waals surface area contributed by atoms with Crippen molar-refractivity contribution < 1.29 is 4.52 Å². The van der Waals surface area contributed by atoms with Crippen LogP contribution in [0.15, 0.2) is 29.0 Å². The fraction of sp³-hybridized carbons (Fsp3) is 0.167. The van der Waals surface area contributed by atoms with Crippen LogP contribution in [0.4, 0.5) is 0 Å². The third kappa shape index (κ3) is 1.16. The van der Waals surface area contributed by atoms with Crippen LogP contribution in [-0.2, 0) is 0 Å². The third-order valence-corrected chi connectivity index (χ3v) is 2.76. The minimum atomic E-state index is 0.839. The summed E-state index contributed by atoms with van der Waals surface area (Å²) in [6.45, 7) is 3.87. The molecule has 0 spiro atoms. The van der Waals surface area contributed by atoms with Crippen LogP contribution in [0.2, 0.25) is 0 Å². The van der Waals surface area contributed by atoms with E-state index in [0.29, 0.717) is 0 Å². The average Bonchev–Trinajstić information content (AvgIpc) is 2.86. The predicted molar refractivity (Wildman–Crippen MR) is 61.1 cm³/mol. The summed E-state index contributed by atoms with van der Waals surface area (Å²) in [6.07, 6.45) is 3.68. The van der Waals surface area contributed by atoms with Gasteiger partial charge in [0.25, 0.3) is 0 Å². The maximum absolute atomic E-state index is 5.19. The topological polar surface area (TPSA) is 54.7 Å². The van der Waals surface area contributed by atoms with Crippen LogP contribution in [-0.4, -0.2) is 15.1 Å². The van der Waals surface area contributed by atoms with Crippen molar-refractivity contribution in [2.24, 2.45) is 0 Å². The molecule has 0 aliphatic rings. The highest BCUT2D eigenvalue weighted by molar-refractivity contribution is 5.93. The van der Waals surface area contributed by atoms with Crippen molar-refractivity contribution in [1.29, 1.82) is 0 Å². The zero-order valence-corrected chi connectivity index (χ0v) is 9.11. The monoisotopic (exact) mass is 213 g/mol. The maximum atomic E-state index is 5.19. The van der Waals surface area contributed by atoms with Crippen LogP contribution in [0.1, 0.15) is 11.5 Å². The summed E-state index contributed by atoms with van der Waals surface area (Å²) >= 11 is 0. The van der Waals surface area contributed by atoms with Gasteiger partial charge in [-0.2, -0.15) is 0 Å². The molecule has 0 amide bonds. The predicted octanol–water partition coefficient (Wildman–Crippen LogP) is 2.83. The Morgan fingerprint density at radius 1 is 1.25 bits per heavy atom. The van der Waals surface area contributed by atoms with Gasteiger partial charge in [-0.15, -0.1) is 0 Å². The molecule has 0 bridgehead atoms. The second-order valence-corrected chi connectivity index (χ2v) is 3.80. The molecule has 0 saturated carbocycles. The van der Waals surface area contributed by atoms with Crippen molar-refractivity contribution in [3.05, 3.63) is 36.0 Å². The number of hydrogen-bond acceptors (Lipinski definition) is 3. The third-order valence-electron chi connectivity index (χ3n) is 2.76. The zero-order valence-electron chi connectivity index (χ0n) is 9.11. The largest absolute Gasteiger partial charge is 0.361 e. The molecule has 0 radical (unpaired) electrons. The second kappa shape index (κ2) is 3.20. The fourth-order valence-electron chi connectivity index (χ4n) is 2.05. The van der Waals surface area contributed by atoms with E-state index in [1.54, 1.807) is 6.20 Å². The van der Waals surface area contributed by atoms with E-state index in [1.165, 1.54) is 0 Å². The lowest BCUT2D eigenvalue weighted by atomic mass is 10.0. The first-order chi connectivity index (χ1) is 7.77. The Kier molecular flexibility index (Phi) is 1.83. The van der Waals surface area contributed by atoms with Crippen molar-refractivity contribution in [2.45, 2.75) is 13.8 Å². The van der Waals surface area contributed by atoms with Gasteiger partial charge in [-0.25, -0.2) is 4.98 Å². The molecular weight excluding hydrogens is 202 g/mol. The molecule has 4 heteroatoms. The Bertz CT molecular complexity index is 632. The SMILES string of the molecule is Cc1noc(C)c1-c1ccnc2[nH]ccc12. The highest BCUT2D eigenvalue weighted by Gasteiger charge is 2.14. The number of H-pyrrole nitrogens is 1. The van der Waals surface area contributed by atoms with E-state index in [4.69, 9.17) is 4.52 Å². The Morgan fingerprint density at radius 3 is 2.88 bits per heavy atom. The first kappa shape index (κ1) is 9.15. The quantitative estimate of drug-likeness (QED) is 0.676. The Labute approximate surface area is 92.3 Å². The van der Waals surface area contributed by atoms with E-state index in [1.807, 2.05) is 32.2 Å². The molecule has 0 fully saturated rings. The molecule has 0 aromatic carbocycles. The standard InChI is InChI=1S/C12H11N3O/c1-7-11(8(2)16-15-7)9-3-5-13-12-10(9)4-6-14-12/h3-6H,1-2H3,(H,13,14). The maximum Gasteiger partial charge on any atom is 0.141 e. The number of aromatic nitrogens is 3. The molecule has 0 atom stereocenters. The molecule has 1 N–H and O–H groups in total. The van der Waals surface area contributed by atoms with Crippen LogP contribution >= 0.6 is 0 Å². The molecule has 4 nitrogen and oxygen atoms in total. The molecule has 3 heterocycles. The van der Waals surface area contributed by atoms with Gasteiger partial charge in [-0.1, -0.05) is 5.16 Å². The second-order valence-electron chi connectivity index (χ2n) is 3.80. The summed E-state index contributed by atoms with van der Waals surface area (Å²) in [5, 5.41) is 5.07. The molecule has 0 saturated heterocycles. The van der Waals surface area contributed by atoms with Crippen molar-refractivity contribution >= 4 is 11.0 Å². The van der Waals surface area contributed by atoms with Crippen LogP contribution in [0.25, 0.3) is 22.2 Å². The van der Waals surface area contributed by atoms with Crippen LogP contribution in [0.3, 0.4) is 0 Å². The Hall–Kier alpha value is -2.10. The number of fused-ring (bicyclic) bond motifs is 1. The van der Waals surface area contributed by atoms with Gasteiger partial charge in [-0.3, -0.25) is 0 Å². The van der Waals surface area contributed by atoms with Gasteiger partial charge in [0, 0.05) is 23.3 Å². The van der Waals surface area contributed by atoms with E-state index < -0.39 is 0 Å². The van der Waals surface area contributed by atoms with Crippen molar-refractivity contribution in [2.75, 3.05) is 0 Å². The van der Waals surface area contributed by atoms with E-state index in [2.05, 4.69) is 15.1 Å². The number of nitrogens with one attached hydrogen (secondary N) is 1. The zero-order chi connectivity index (χ0) is 11.1. The van der Waals surface area contributed by atoms with Gasteiger partial charge in [0.05, 0.1) is 5.69 Å². The van der Waals surface area contributed by atoms with E-state index in [0.717, 1.165) is 33.6 Å². The van der Waals surface area contributed by atoms with Crippen molar-refractivity contribution in [3.63, 3.8) is 0 Å². The van der Waals surface area contributed by atoms with Crippen LogP contribution < -0.4 is 0 Å². The van der Waals surface area contributed by atoms with Gasteiger partial charge in [0.15, 0.2) is 0 Å². The molecule has 3 aromatic rings. The molecule has 0 aliphatic heterocycles. The normalized spacial score (nSPS) is 11.1. The lowest BCUT2D eigenvalue weighted by Gasteiger charge is -2.01. The minimum Gasteiger partial charge on any atom is -0.361 e. The molecular formula is C12H11N3O. The highest BCUT2D eigenvalue weighted by Crippen LogP contribution is 2.31. The number of aryl methyl sites for hydroxylation is 2. The van der Waals surface area contributed by atoms with E-state index >= 15 is 0 Å². The molecule has 16 heavy (non-hydrogen) atoms. The fourth-order valence-corrected chi connectivity index (χ4v) is 2.05. The number of hydrogen-bond donors (Lipinski definition) is 1. The van der Waals surface area contributed by atoms with E-state index in [9.17, 15) is 0 Å². The lowest BCUT2D eigenvalue weighted by molar-refractivity contribution is 0.393.